The Morgan fingerprint density at radius 2 is 0.707 bits per heavy atom. The van der Waals surface area contributed by atoms with E-state index in [-0.39, 0.29) is 5.97 Å². The SMILES string of the molecule is CC/C=C\C/C=C\C/C=C\CCCCCCCC(=O)OC(CCCCCCCCCCCCCCCCCCCCCCCCCCCCCCCCCC)C(=O)O. The van der Waals surface area contributed by atoms with Crippen LogP contribution in [0.4, 0.5) is 0 Å². The summed E-state index contributed by atoms with van der Waals surface area (Å²) in [5.41, 5.74) is 0. The highest BCUT2D eigenvalue weighted by Crippen LogP contribution is 2.18. The molecule has 0 aromatic rings. The fourth-order valence-corrected chi connectivity index (χ4v) is 8.05. The zero-order chi connectivity index (χ0) is 42.1. The molecule has 0 aliphatic rings. The minimum Gasteiger partial charge on any atom is -0.479 e. The van der Waals surface area contributed by atoms with Gasteiger partial charge in [-0.1, -0.05) is 269 Å². The molecule has 0 bridgehead atoms. The molecule has 0 aliphatic carbocycles. The fraction of sp³-hybridized carbons (Fsp3) is 0.852. The lowest BCUT2D eigenvalue weighted by molar-refractivity contribution is -0.164. The molecule has 0 aromatic carbocycles. The number of hydrogen-bond donors (Lipinski definition) is 1. The number of carbonyl (C=O) groups excluding carboxylic acids is 1. The van der Waals surface area contributed by atoms with Gasteiger partial charge in [0.2, 0.25) is 0 Å². The van der Waals surface area contributed by atoms with E-state index in [1.807, 2.05) is 0 Å². The normalized spacial score (nSPS) is 12.4. The van der Waals surface area contributed by atoms with E-state index in [4.69, 9.17) is 4.74 Å². The monoisotopic (exact) mass is 813 g/mol. The van der Waals surface area contributed by atoms with E-state index >= 15 is 0 Å². The Labute approximate surface area is 362 Å². The van der Waals surface area contributed by atoms with Crippen molar-refractivity contribution in [3.8, 4) is 0 Å². The molecule has 0 aliphatic heterocycles. The number of carboxylic acid groups (broad SMARTS) is 1. The lowest BCUT2D eigenvalue weighted by atomic mass is 10.0. The zero-order valence-electron chi connectivity index (χ0n) is 39.1. The van der Waals surface area contributed by atoms with Crippen molar-refractivity contribution in [2.75, 3.05) is 0 Å². The van der Waals surface area contributed by atoms with Crippen molar-refractivity contribution in [3.63, 3.8) is 0 Å². The van der Waals surface area contributed by atoms with Crippen molar-refractivity contribution in [1.82, 2.24) is 0 Å². The van der Waals surface area contributed by atoms with E-state index in [1.165, 1.54) is 193 Å². The summed E-state index contributed by atoms with van der Waals surface area (Å²) in [5.74, 6) is -1.37. The van der Waals surface area contributed by atoms with Crippen LogP contribution in [-0.2, 0) is 14.3 Å². The van der Waals surface area contributed by atoms with Gasteiger partial charge in [-0.05, 0) is 51.4 Å². The highest BCUT2D eigenvalue weighted by atomic mass is 16.6. The summed E-state index contributed by atoms with van der Waals surface area (Å²) in [6.45, 7) is 4.45. The first-order valence-corrected chi connectivity index (χ1v) is 26.0. The molecule has 4 nitrogen and oxygen atoms in total. The quantitative estimate of drug-likeness (QED) is 0.0378. The van der Waals surface area contributed by atoms with Gasteiger partial charge in [0.1, 0.15) is 0 Å². The molecule has 0 saturated heterocycles. The Hall–Kier alpha value is -1.84. The molecule has 0 amide bonds. The predicted octanol–water partition coefficient (Wildman–Crippen LogP) is 18.5. The molecular formula is C54H100O4. The van der Waals surface area contributed by atoms with Crippen molar-refractivity contribution < 1.29 is 19.4 Å². The second kappa shape index (κ2) is 49.5. The molecule has 58 heavy (non-hydrogen) atoms. The fourth-order valence-electron chi connectivity index (χ4n) is 8.05. The number of allylic oxidation sites excluding steroid dienone is 6. The summed E-state index contributed by atoms with van der Waals surface area (Å²) in [6.07, 6.45) is 66.8. The summed E-state index contributed by atoms with van der Waals surface area (Å²) in [6, 6.07) is 0. The van der Waals surface area contributed by atoms with Gasteiger partial charge in [-0.15, -0.1) is 0 Å². The highest BCUT2D eigenvalue weighted by Gasteiger charge is 2.21. The van der Waals surface area contributed by atoms with Crippen LogP contribution in [0.25, 0.3) is 0 Å². The molecule has 4 heteroatoms. The topological polar surface area (TPSA) is 63.6 Å². The van der Waals surface area contributed by atoms with Gasteiger partial charge in [0, 0.05) is 6.42 Å². The summed E-state index contributed by atoms with van der Waals surface area (Å²) in [4.78, 5) is 23.9. The highest BCUT2D eigenvalue weighted by molar-refractivity contribution is 5.77. The molecule has 0 saturated carbocycles. The Bertz CT molecular complexity index is 920. The second-order valence-corrected chi connectivity index (χ2v) is 17.7. The van der Waals surface area contributed by atoms with Gasteiger partial charge in [0.05, 0.1) is 0 Å². The van der Waals surface area contributed by atoms with Gasteiger partial charge in [-0.3, -0.25) is 4.79 Å². The summed E-state index contributed by atoms with van der Waals surface area (Å²) in [5, 5.41) is 9.55. The molecule has 0 spiro atoms. The molecule has 1 N–H and O–H groups in total. The van der Waals surface area contributed by atoms with E-state index in [9.17, 15) is 14.7 Å². The Kier molecular flexibility index (Phi) is 48.0. The number of rotatable bonds is 48. The molecule has 1 unspecified atom stereocenters. The molecule has 0 aromatic heterocycles. The molecule has 0 radical (unpaired) electrons. The number of hydrogen-bond acceptors (Lipinski definition) is 3. The number of unbranched alkanes of at least 4 members (excludes halogenated alkanes) is 36. The standard InChI is InChI=1S/C54H100O4/c1-3-5-7-9-11-13-15-17-19-20-21-22-23-24-25-26-27-28-29-30-31-32-33-34-35-37-38-40-42-44-46-48-50-52(54(56)57)58-53(55)51-49-47-45-43-41-39-36-18-16-14-12-10-8-6-4-2/h6,8,12,14,18,36,52H,3-5,7,9-11,13,15-17,19-35,37-51H2,1-2H3,(H,56,57)/b8-6-,14-12-,36-18-. The first-order valence-electron chi connectivity index (χ1n) is 26.0. The second-order valence-electron chi connectivity index (χ2n) is 17.7. The van der Waals surface area contributed by atoms with Gasteiger partial charge in [0.15, 0.2) is 6.10 Å². The van der Waals surface area contributed by atoms with Crippen molar-refractivity contribution >= 4 is 11.9 Å². The van der Waals surface area contributed by atoms with Crippen LogP contribution < -0.4 is 0 Å². The van der Waals surface area contributed by atoms with Crippen molar-refractivity contribution in [1.29, 1.82) is 0 Å². The maximum atomic E-state index is 12.3. The van der Waals surface area contributed by atoms with Crippen molar-refractivity contribution in [2.24, 2.45) is 0 Å². The van der Waals surface area contributed by atoms with E-state index in [0.717, 1.165) is 70.6 Å². The molecule has 0 heterocycles. The Morgan fingerprint density at radius 1 is 0.397 bits per heavy atom. The van der Waals surface area contributed by atoms with Gasteiger partial charge in [-0.2, -0.15) is 0 Å². The largest absolute Gasteiger partial charge is 0.479 e. The number of esters is 1. The van der Waals surface area contributed by atoms with Crippen molar-refractivity contribution in [3.05, 3.63) is 36.5 Å². The molecular weight excluding hydrogens is 713 g/mol. The lowest BCUT2D eigenvalue weighted by Crippen LogP contribution is -2.27. The lowest BCUT2D eigenvalue weighted by Gasteiger charge is -2.13. The van der Waals surface area contributed by atoms with Crippen LogP contribution in [0.15, 0.2) is 36.5 Å². The van der Waals surface area contributed by atoms with Gasteiger partial charge < -0.3 is 9.84 Å². The van der Waals surface area contributed by atoms with Crippen LogP contribution in [0.5, 0.6) is 0 Å². The third-order valence-electron chi connectivity index (χ3n) is 11.9. The van der Waals surface area contributed by atoms with E-state index in [2.05, 4.69) is 50.3 Å². The van der Waals surface area contributed by atoms with Gasteiger partial charge in [-0.25, -0.2) is 4.79 Å². The van der Waals surface area contributed by atoms with Crippen LogP contribution in [-0.4, -0.2) is 23.1 Å². The predicted molar refractivity (Wildman–Crippen MR) is 255 cm³/mol. The minimum absolute atomic E-state index is 0.323. The molecule has 340 valence electrons. The van der Waals surface area contributed by atoms with E-state index in [0.29, 0.717) is 12.8 Å². The first kappa shape index (κ1) is 56.2. The number of carbonyl (C=O) groups is 2. The Balaban J connectivity index is 3.41. The van der Waals surface area contributed by atoms with Crippen LogP contribution in [0.3, 0.4) is 0 Å². The smallest absolute Gasteiger partial charge is 0.345 e. The van der Waals surface area contributed by atoms with E-state index < -0.39 is 12.1 Å². The maximum Gasteiger partial charge on any atom is 0.345 e. The molecule has 0 rings (SSSR count). The van der Waals surface area contributed by atoms with Crippen molar-refractivity contribution in [2.45, 2.75) is 296 Å². The summed E-state index contributed by atoms with van der Waals surface area (Å²) in [7, 11) is 0. The van der Waals surface area contributed by atoms with Gasteiger partial charge in [0.25, 0.3) is 0 Å². The average molecular weight is 813 g/mol. The minimum atomic E-state index is -1.01. The summed E-state index contributed by atoms with van der Waals surface area (Å²) >= 11 is 0. The Morgan fingerprint density at radius 3 is 1.07 bits per heavy atom. The number of carboxylic acids is 1. The van der Waals surface area contributed by atoms with Crippen LogP contribution in [0.2, 0.25) is 0 Å². The third-order valence-corrected chi connectivity index (χ3v) is 11.9. The first-order chi connectivity index (χ1) is 28.6. The zero-order valence-corrected chi connectivity index (χ0v) is 39.1. The summed E-state index contributed by atoms with van der Waals surface area (Å²) < 4.78 is 5.34. The molecule has 0 fully saturated rings. The van der Waals surface area contributed by atoms with Crippen LogP contribution in [0, 0.1) is 0 Å². The van der Waals surface area contributed by atoms with Crippen LogP contribution in [0.1, 0.15) is 290 Å². The maximum absolute atomic E-state index is 12.3. The number of aliphatic carboxylic acids is 1. The van der Waals surface area contributed by atoms with E-state index in [1.54, 1.807) is 0 Å². The van der Waals surface area contributed by atoms with Gasteiger partial charge >= 0.3 is 11.9 Å². The average Bonchev–Trinajstić information content (AvgIpc) is 3.22. The third kappa shape index (κ3) is 46.8. The number of ether oxygens (including phenoxy) is 1. The van der Waals surface area contributed by atoms with Crippen LogP contribution >= 0.6 is 0 Å². The molecule has 1 atom stereocenters.